The van der Waals surface area contributed by atoms with Crippen molar-refractivity contribution >= 4 is 11.6 Å². The predicted molar refractivity (Wildman–Crippen MR) is 73.2 cm³/mol. The summed E-state index contributed by atoms with van der Waals surface area (Å²) >= 11 is 0. The molecule has 96 valence electrons. The molecular weight excluding hydrogens is 226 g/mol. The van der Waals surface area contributed by atoms with Crippen LogP contribution in [-0.4, -0.2) is 17.6 Å². The molecule has 2 N–H and O–H groups in total. The van der Waals surface area contributed by atoms with Gasteiger partial charge in [-0.1, -0.05) is 25.7 Å². The fourth-order valence-electron chi connectivity index (χ4n) is 1.52. The Labute approximate surface area is 108 Å². The summed E-state index contributed by atoms with van der Waals surface area (Å²) in [6.45, 7) is 5.67. The van der Waals surface area contributed by atoms with Gasteiger partial charge in [-0.05, 0) is 37.1 Å². The van der Waals surface area contributed by atoms with Gasteiger partial charge in [0.2, 0.25) is 5.91 Å². The molecule has 1 aromatic rings. The summed E-state index contributed by atoms with van der Waals surface area (Å²) in [7, 11) is 0. The molecule has 0 aliphatic carbocycles. The minimum Gasteiger partial charge on any atom is -0.384 e. The maximum absolute atomic E-state index is 11.8. The summed E-state index contributed by atoms with van der Waals surface area (Å²) in [4.78, 5) is 11.8. The number of hydrogen-bond donors (Lipinski definition) is 2. The molecule has 1 amide bonds. The Balaban J connectivity index is 2.89. The van der Waals surface area contributed by atoms with E-state index in [1.165, 1.54) is 0 Å². The highest BCUT2D eigenvalue weighted by atomic mass is 16.2. The summed E-state index contributed by atoms with van der Waals surface area (Å²) in [5.74, 6) is 5.46. The van der Waals surface area contributed by atoms with Crippen LogP contribution in [0.15, 0.2) is 18.2 Å². The number of carbonyl (C=O) groups is 1. The first-order chi connectivity index (χ1) is 8.56. The summed E-state index contributed by atoms with van der Waals surface area (Å²) in [6.07, 6.45) is 0.814. The molecule has 0 saturated carbocycles. The number of aliphatic hydroxyl groups excluding tert-OH is 1. The number of rotatable bonds is 3. The van der Waals surface area contributed by atoms with E-state index >= 15 is 0 Å². The van der Waals surface area contributed by atoms with Gasteiger partial charge in [0.25, 0.3) is 0 Å². The van der Waals surface area contributed by atoms with E-state index in [2.05, 4.69) is 17.2 Å². The highest BCUT2D eigenvalue weighted by Crippen LogP contribution is 2.15. The van der Waals surface area contributed by atoms with Gasteiger partial charge in [-0.25, -0.2) is 0 Å². The van der Waals surface area contributed by atoms with E-state index in [0.29, 0.717) is 0 Å². The Hall–Kier alpha value is -1.79. The first-order valence-electron chi connectivity index (χ1n) is 6.09. The smallest absolute Gasteiger partial charge is 0.227 e. The van der Waals surface area contributed by atoms with Crippen molar-refractivity contribution in [1.82, 2.24) is 0 Å². The van der Waals surface area contributed by atoms with Crippen LogP contribution in [0.25, 0.3) is 0 Å². The third kappa shape index (κ3) is 4.23. The molecule has 1 atom stereocenters. The van der Waals surface area contributed by atoms with Crippen LogP contribution < -0.4 is 5.32 Å². The standard InChI is InChI=1S/C15H19NO2/c1-4-12(3)15(18)16-14-9-11(2)8-13(10-14)6-5-7-17/h8-10,12,17H,4,7H2,1-3H3,(H,16,18). The van der Waals surface area contributed by atoms with Gasteiger partial charge in [0.05, 0.1) is 0 Å². The molecule has 0 aliphatic rings. The fraction of sp³-hybridized carbons (Fsp3) is 0.400. The van der Waals surface area contributed by atoms with Crippen molar-refractivity contribution in [3.63, 3.8) is 0 Å². The average Bonchev–Trinajstić information content (AvgIpc) is 2.34. The van der Waals surface area contributed by atoms with Crippen molar-refractivity contribution in [2.45, 2.75) is 27.2 Å². The van der Waals surface area contributed by atoms with E-state index in [1.807, 2.05) is 39.0 Å². The van der Waals surface area contributed by atoms with Crippen molar-refractivity contribution in [1.29, 1.82) is 0 Å². The van der Waals surface area contributed by atoms with Gasteiger partial charge >= 0.3 is 0 Å². The first-order valence-corrected chi connectivity index (χ1v) is 6.09. The quantitative estimate of drug-likeness (QED) is 0.803. The highest BCUT2D eigenvalue weighted by molar-refractivity contribution is 5.92. The zero-order chi connectivity index (χ0) is 13.5. The normalized spacial score (nSPS) is 11.3. The lowest BCUT2D eigenvalue weighted by Crippen LogP contribution is -2.19. The van der Waals surface area contributed by atoms with E-state index in [9.17, 15) is 4.79 Å². The van der Waals surface area contributed by atoms with Crippen LogP contribution >= 0.6 is 0 Å². The van der Waals surface area contributed by atoms with Gasteiger partial charge < -0.3 is 10.4 Å². The number of nitrogens with one attached hydrogen (secondary N) is 1. The minimum atomic E-state index is -0.164. The Morgan fingerprint density at radius 1 is 1.44 bits per heavy atom. The average molecular weight is 245 g/mol. The third-order valence-electron chi connectivity index (χ3n) is 2.72. The van der Waals surface area contributed by atoms with E-state index < -0.39 is 0 Å². The molecule has 0 radical (unpaired) electrons. The molecule has 1 unspecified atom stereocenters. The zero-order valence-electron chi connectivity index (χ0n) is 11.1. The number of benzene rings is 1. The fourth-order valence-corrected chi connectivity index (χ4v) is 1.52. The topological polar surface area (TPSA) is 49.3 Å². The Morgan fingerprint density at radius 2 is 2.17 bits per heavy atom. The second-order valence-electron chi connectivity index (χ2n) is 4.35. The Morgan fingerprint density at radius 3 is 2.78 bits per heavy atom. The summed E-state index contributed by atoms with van der Waals surface area (Å²) in [5, 5.41) is 11.6. The van der Waals surface area contributed by atoms with Gasteiger partial charge in [-0.3, -0.25) is 4.79 Å². The third-order valence-corrected chi connectivity index (χ3v) is 2.72. The molecular formula is C15H19NO2. The largest absolute Gasteiger partial charge is 0.384 e. The van der Waals surface area contributed by atoms with Gasteiger partial charge in [-0.2, -0.15) is 0 Å². The maximum atomic E-state index is 11.8. The minimum absolute atomic E-state index is 0.00233. The molecule has 0 bridgehead atoms. The molecule has 0 fully saturated rings. The van der Waals surface area contributed by atoms with Gasteiger partial charge in [0, 0.05) is 17.2 Å². The lowest BCUT2D eigenvalue weighted by Gasteiger charge is -2.11. The lowest BCUT2D eigenvalue weighted by atomic mass is 10.1. The van der Waals surface area contributed by atoms with Crippen LogP contribution in [-0.2, 0) is 4.79 Å². The molecule has 0 aromatic heterocycles. The molecule has 0 heterocycles. The molecule has 0 saturated heterocycles. The summed E-state index contributed by atoms with van der Waals surface area (Å²) in [5.41, 5.74) is 2.57. The van der Waals surface area contributed by atoms with Crippen LogP contribution in [0.5, 0.6) is 0 Å². The molecule has 3 nitrogen and oxygen atoms in total. The molecule has 0 aliphatic heterocycles. The van der Waals surface area contributed by atoms with E-state index in [4.69, 9.17) is 5.11 Å². The van der Waals surface area contributed by atoms with Crippen molar-refractivity contribution in [3.8, 4) is 11.8 Å². The zero-order valence-corrected chi connectivity index (χ0v) is 11.1. The second kappa shape index (κ2) is 6.83. The molecule has 1 aromatic carbocycles. The number of hydrogen-bond acceptors (Lipinski definition) is 2. The van der Waals surface area contributed by atoms with Crippen molar-refractivity contribution < 1.29 is 9.90 Å². The number of carbonyl (C=O) groups excluding carboxylic acids is 1. The second-order valence-corrected chi connectivity index (χ2v) is 4.35. The predicted octanol–water partition coefficient (Wildman–Crippen LogP) is 2.32. The van der Waals surface area contributed by atoms with E-state index in [0.717, 1.165) is 23.2 Å². The SMILES string of the molecule is CCC(C)C(=O)Nc1cc(C)cc(C#CCO)c1. The van der Waals surface area contributed by atoms with Gasteiger partial charge in [0.1, 0.15) is 6.61 Å². The summed E-state index contributed by atoms with van der Waals surface area (Å²) < 4.78 is 0. The Kier molecular flexibility index (Phi) is 5.41. The van der Waals surface area contributed by atoms with Gasteiger partial charge in [0.15, 0.2) is 0 Å². The van der Waals surface area contributed by atoms with Crippen LogP contribution in [0.3, 0.4) is 0 Å². The molecule has 3 heteroatoms. The maximum Gasteiger partial charge on any atom is 0.227 e. The number of amides is 1. The number of aliphatic hydroxyl groups is 1. The van der Waals surface area contributed by atoms with Crippen LogP contribution in [0.2, 0.25) is 0 Å². The van der Waals surface area contributed by atoms with Gasteiger partial charge in [-0.15, -0.1) is 0 Å². The highest BCUT2D eigenvalue weighted by Gasteiger charge is 2.10. The van der Waals surface area contributed by atoms with E-state index in [-0.39, 0.29) is 18.4 Å². The lowest BCUT2D eigenvalue weighted by molar-refractivity contribution is -0.119. The van der Waals surface area contributed by atoms with Crippen LogP contribution in [0.4, 0.5) is 5.69 Å². The molecule has 18 heavy (non-hydrogen) atoms. The van der Waals surface area contributed by atoms with Crippen LogP contribution in [0.1, 0.15) is 31.4 Å². The van der Waals surface area contributed by atoms with Crippen molar-refractivity contribution in [2.75, 3.05) is 11.9 Å². The number of anilines is 1. The Bertz CT molecular complexity index is 483. The molecule has 0 spiro atoms. The van der Waals surface area contributed by atoms with Crippen molar-refractivity contribution in [3.05, 3.63) is 29.3 Å². The number of aryl methyl sites for hydroxylation is 1. The first kappa shape index (κ1) is 14.3. The summed E-state index contributed by atoms with van der Waals surface area (Å²) in [6, 6.07) is 5.64. The van der Waals surface area contributed by atoms with Crippen molar-refractivity contribution in [2.24, 2.45) is 5.92 Å². The monoisotopic (exact) mass is 245 g/mol. The molecule has 1 rings (SSSR count). The van der Waals surface area contributed by atoms with E-state index in [1.54, 1.807) is 0 Å². The van der Waals surface area contributed by atoms with Crippen LogP contribution in [0, 0.1) is 24.7 Å².